The van der Waals surface area contributed by atoms with E-state index < -0.39 is 0 Å². The van der Waals surface area contributed by atoms with Gasteiger partial charge in [-0.1, -0.05) is 0 Å². The standard InChI is InChI=1S/C12H22O7/c1-11(13)19-10-9-18-8-7-17-6-5-16-4-3-12(14)15-2/h3-10H2,1-2H3. The summed E-state index contributed by atoms with van der Waals surface area (Å²) in [5.74, 6) is -0.606. The van der Waals surface area contributed by atoms with Crippen LogP contribution in [0.2, 0.25) is 0 Å². The van der Waals surface area contributed by atoms with E-state index in [2.05, 4.69) is 9.47 Å². The van der Waals surface area contributed by atoms with Crippen LogP contribution < -0.4 is 0 Å². The Balaban J connectivity index is 3.03. The van der Waals surface area contributed by atoms with Gasteiger partial charge >= 0.3 is 11.9 Å². The van der Waals surface area contributed by atoms with E-state index in [0.717, 1.165) is 0 Å². The fourth-order valence-corrected chi connectivity index (χ4v) is 1.04. The summed E-state index contributed by atoms with van der Waals surface area (Å²) in [4.78, 5) is 21.2. The first-order chi connectivity index (χ1) is 9.16. The van der Waals surface area contributed by atoms with Crippen LogP contribution in [0.5, 0.6) is 0 Å². The third-order valence-electron chi connectivity index (χ3n) is 1.96. The molecule has 0 radical (unpaired) electrons. The van der Waals surface area contributed by atoms with Gasteiger partial charge in [0.1, 0.15) is 6.61 Å². The normalized spacial score (nSPS) is 10.2. The first-order valence-corrected chi connectivity index (χ1v) is 6.10. The lowest BCUT2D eigenvalue weighted by Crippen LogP contribution is -2.13. The van der Waals surface area contributed by atoms with Crippen LogP contribution in [-0.4, -0.2) is 65.3 Å². The molecular weight excluding hydrogens is 256 g/mol. The Morgan fingerprint density at radius 1 is 0.789 bits per heavy atom. The molecule has 0 aliphatic heterocycles. The molecule has 0 saturated carbocycles. The zero-order valence-corrected chi connectivity index (χ0v) is 11.5. The second kappa shape index (κ2) is 13.3. The van der Waals surface area contributed by atoms with Crippen molar-refractivity contribution in [2.45, 2.75) is 13.3 Å². The van der Waals surface area contributed by atoms with Crippen LogP contribution in [0.1, 0.15) is 13.3 Å². The van der Waals surface area contributed by atoms with Crippen molar-refractivity contribution in [3.8, 4) is 0 Å². The van der Waals surface area contributed by atoms with Gasteiger partial charge in [0, 0.05) is 6.92 Å². The van der Waals surface area contributed by atoms with Crippen LogP contribution in [0.25, 0.3) is 0 Å². The van der Waals surface area contributed by atoms with Crippen molar-refractivity contribution in [2.24, 2.45) is 0 Å². The minimum atomic E-state index is -0.316. The van der Waals surface area contributed by atoms with Gasteiger partial charge in [0.25, 0.3) is 0 Å². The summed E-state index contributed by atoms with van der Waals surface area (Å²) in [7, 11) is 1.34. The molecule has 0 atom stereocenters. The van der Waals surface area contributed by atoms with Crippen molar-refractivity contribution in [2.75, 3.05) is 53.4 Å². The van der Waals surface area contributed by atoms with Crippen LogP contribution >= 0.6 is 0 Å². The maximum Gasteiger partial charge on any atom is 0.307 e. The monoisotopic (exact) mass is 278 g/mol. The molecule has 0 fully saturated rings. The molecule has 0 bridgehead atoms. The Morgan fingerprint density at radius 3 is 1.74 bits per heavy atom. The maximum atomic E-state index is 10.7. The molecule has 0 aliphatic carbocycles. The highest BCUT2D eigenvalue weighted by molar-refractivity contribution is 5.69. The average molecular weight is 278 g/mol. The van der Waals surface area contributed by atoms with Crippen LogP contribution in [0, 0.1) is 0 Å². The molecule has 0 aromatic carbocycles. The van der Waals surface area contributed by atoms with E-state index in [0.29, 0.717) is 39.6 Å². The molecule has 0 amide bonds. The van der Waals surface area contributed by atoms with Crippen molar-refractivity contribution in [1.29, 1.82) is 0 Å². The minimum absolute atomic E-state index is 0.246. The second-order valence-electron chi connectivity index (χ2n) is 3.50. The molecule has 0 saturated heterocycles. The number of carbonyl (C=O) groups excluding carboxylic acids is 2. The molecular formula is C12H22O7. The number of ether oxygens (including phenoxy) is 5. The van der Waals surface area contributed by atoms with E-state index in [1.54, 1.807) is 0 Å². The van der Waals surface area contributed by atoms with E-state index in [1.165, 1.54) is 14.0 Å². The summed E-state index contributed by atoms with van der Waals surface area (Å²) in [5.41, 5.74) is 0. The third-order valence-corrected chi connectivity index (χ3v) is 1.96. The van der Waals surface area contributed by atoms with E-state index in [1.807, 2.05) is 0 Å². The topological polar surface area (TPSA) is 80.3 Å². The van der Waals surface area contributed by atoms with Crippen LogP contribution in [-0.2, 0) is 33.3 Å². The maximum absolute atomic E-state index is 10.7. The Kier molecular flexibility index (Phi) is 12.4. The summed E-state index contributed by atoms with van der Waals surface area (Å²) in [6, 6.07) is 0. The first kappa shape index (κ1) is 17.8. The lowest BCUT2D eigenvalue weighted by molar-refractivity contribution is -0.143. The number of esters is 2. The lowest BCUT2D eigenvalue weighted by atomic mass is 10.5. The predicted octanol–water partition coefficient (Wildman–Crippen LogP) is 0.162. The molecule has 7 nitrogen and oxygen atoms in total. The van der Waals surface area contributed by atoms with Gasteiger partial charge < -0.3 is 23.7 Å². The fraction of sp³-hybridized carbons (Fsp3) is 0.833. The van der Waals surface area contributed by atoms with E-state index in [-0.39, 0.29) is 25.0 Å². The van der Waals surface area contributed by atoms with Crippen LogP contribution in [0.15, 0.2) is 0 Å². The molecule has 0 aliphatic rings. The minimum Gasteiger partial charge on any atom is -0.469 e. The zero-order chi connectivity index (χ0) is 14.3. The molecule has 0 rings (SSSR count). The third kappa shape index (κ3) is 14.8. The smallest absolute Gasteiger partial charge is 0.307 e. The molecule has 0 aromatic heterocycles. The lowest BCUT2D eigenvalue weighted by Gasteiger charge is -2.06. The molecule has 0 heterocycles. The fourth-order valence-electron chi connectivity index (χ4n) is 1.04. The predicted molar refractivity (Wildman–Crippen MR) is 65.7 cm³/mol. The van der Waals surface area contributed by atoms with Crippen molar-refractivity contribution in [1.82, 2.24) is 0 Å². The number of hydrogen-bond acceptors (Lipinski definition) is 7. The number of carbonyl (C=O) groups is 2. The molecule has 112 valence electrons. The molecule has 0 aromatic rings. The largest absolute Gasteiger partial charge is 0.469 e. The SMILES string of the molecule is COC(=O)CCOCCOCCOCCOC(C)=O. The Labute approximate surface area is 113 Å². The molecule has 0 N–H and O–H groups in total. The Morgan fingerprint density at radius 2 is 1.26 bits per heavy atom. The van der Waals surface area contributed by atoms with Gasteiger partial charge in [-0.3, -0.25) is 9.59 Å². The van der Waals surface area contributed by atoms with Crippen LogP contribution in [0.3, 0.4) is 0 Å². The number of methoxy groups -OCH3 is 1. The highest BCUT2D eigenvalue weighted by atomic mass is 16.6. The van der Waals surface area contributed by atoms with Crippen molar-refractivity contribution >= 4 is 11.9 Å². The molecule has 0 unspecified atom stereocenters. The van der Waals surface area contributed by atoms with Gasteiger partial charge in [-0.05, 0) is 0 Å². The van der Waals surface area contributed by atoms with Crippen LogP contribution in [0.4, 0.5) is 0 Å². The summed E-state index contributed by atoms with van der Waals surface area (Å²) in [6.45, 7) is 4.03. The van der Waals surface area contributed by atoms with Gasteiger partial charge in [-0.2, -0.15) is 0 Å². The van der Waals surface area contributed by atoms with Gasteiger partial charge in [0.15, 0.2) is 0 Å². The van der Waals surface area contributed by atoms with Gasteiger partial charge in [-0.25, -0.2) is 0 Å². The van der Waals surface area contributed by atoms with Crippen molar-refractivity contribution in [3.63, 3.8) is 0 Å². The summed E-state index contributed by atoms with van der Waals surface area (Å²) < 4.78 is 24.7. The second-order valence-corrected chi connectivity index (χ2v) is 3.50. The first-order valence-electron chi connectivity index (χ1n) is 6.10. The molecule has 0 spiro atoms. The summed E-state index contributed by atoms with van der Waals surface area (Å²) in [6.07, 6.45) is 0.246. The van der Waals surface area contributed by atoms with E-state index in [9.17, 15) is 9.59 Å². The highest BCUT2D eigenvalue weighted by Gasteiger charge is 1.99. The highest BCUT2D eigenvalue weighted by Crippen LogP contribution is 1.87. The summed E-state index contributed by atoms with van der Waals surface area (Å²) >= 11 is 0. The zero-order valence-electron chi connectivity index (χ0n) is 11.5. The van der Waals surface area contributed by atoms with Gasteiger partial charge in [0.2, 0.25) is 0 Å². The molecule has 7 heteroatoms. The van der Waals surface area contributed by atoms with E-state index >= 15 is 0 Å². The number of rotatable bonds is 12. The number of hydrogen-bond donors (Lipinski definition) is 0. The Bertz CT molecular complexity index is 242. The van der Waals surface area contributed by atoms with Gasteiger partial charge in [-0.15, -0.1) is 0 Å². The van der Waals surface area contributed by atoms with Gasteiger partial charge in [0.05, 0.1) is 53.2 Å². The Hall–Kier alpha value is -1.18. The van der Waals surface area contributed by atoms with Crippen molar-refractivity contribution in [3.05, 3.63) is 0 Å². The van der Waals surface area contributed by atoms with E-state index in [4.69, 9.17) is 14.2 Å². The summed E-state index contributed by atoms with van der Waals surface area (Å²) in [5, 5.41) is 0. The quantitative estimate of drug-likeness (QED) is 0.371. The van der Waals surface area contributed by atoms with Crippen molar-refractivity contribution < 1.29 is 33.3 Å². The average Bonchev–Trinajstić information content (AvgIpc) is 2.39. The molecule has 19 heavy (non-hydrogen) atoms.